The Morgan fingerprint density at radius 1 is 1.19 bits per heavy atom. The van der Waals surface area contributed by atoms with Crippen molar-refractivity contribution in [3.8, 4) is 0 Å². The van der Waals surface area contributed by atoms with Gasteiger partial charge in [-0.2, -0.15) is 0 Å². The first-order valence-electron chi connectivity index (χ1n) is 5.40. The molecule has 1 heterocycles. The van der Waals surface area contributed by atoms with E-state index in [4.69, 9.17) is 4.74 Å². The normalized spacial score (nSPS) is 16.9. The highest BCUT2D eigenvalue weighted by atomic mass is 79.9. The van der Waals surface area contributed by atoms with Gasteiger partial charge in [0.05, 0.1) is 6.61 Å². The first kappa shape index (κ1) is 11.6. The molecular weight excluding hydrogens is 270 g/mol. The molecule has 0 bridgehead atoms. The highest BCUT2D eigenvalue weighted by Crippen LogP contribution is 2.13. The molecule has 1 saturated heterocycles. The van der Waals surface area contributed by atoms with Gasteiger partial charge in [0, 0.05) is 29.7 Å². The molecule has 1 aliphatic rings. The fourth-order valence-corrected chi connectivity index (χ4v) is 1.99. The Kier molecular flexibility index (Phi) is 3.96. The Labute approximate surface area is 104 Å². The van der Waals surface area contributed by atoms with Gasteiger partial charge >= 0.3 is 0 Å². The van der Waals surface area contributed by atoms with Crippen molar-refractivity contribution in [2.45, 2.75) is 6.42 Å². The van der Waals surface area contributed by atoms with Gasteiger partial charge in [-0.15, -0.1) is 0 Å². The summed E-state index contributed by atoms with van der Waals surface area (Å²) in [5.41, 5.74) is 0.741. The zero-order valence-electron chi connectivity index (χ0n) is 8.99. The van der Waals surface area contributed by atoms with Crippen LogP contribution in [0.15, 0.2) is 28.7 Å². The van der Waals surface area contributed by atoms with Gasteiger partial charge in [-0.1, -0.05) is 15.9 Å². The van der Waals surface area contributed by atoms with Gasteiger partial charge in [0.2, 0.25) is 0 Å². The summed E-state index contributed by atoms with van der Waals surface area (Å²) in [6.07, 6.45) is 0.919. The Balaban J connectivity index is 2.08. The van der Waals surface area contributed by atoms with Crippen LogP contribution in [0.5, 0.6) is 0 Å². The molecular formula is C12H14BrNO2. The van der Waals surface area contributed by atoms with Crippen molar-refractivity contribution < 1.29 is 9.53 Å². The molecule has 4 heteroatoms. The molecule has 0 N–H and O–H groups in total. The van der Waals surface area contributed by atoms with Crippen LogP contribution >= 0.6 is 15.9 Å². The average molecular weight is 284 g/mol. The summed E-state index contributed by atoms with van der Waals surface area (Å²) in [5, 5.41) is 0. The van der Waals surface area contributed by atoms with Gasteiger partial charge < -0.3 is 9.64 Å². The van der Waals surface area contributed by atoms with E-state index in [1.165, 1.54) is 0 Å². The lowest BCUT2D eigenvalue weighted by atomic mass is 10.2. The zero-order valence-corrected chi connectivity index (χ0v) is 10.6. The van der Waals surface area contributed by atoms with Crippen LogP contribution in [0.25, 0.3) is 0 Å². The number of nitrogens with zero attached hydrogens (tertiary/aromatic N) is 1. The smallest absolute Gasteiger partial charge is 0.253 e. The van der Waals surface area contributed by atoms with Crippen LogP contribution in [0.4, 0.5) is 0 Å². The van der Waals surface area contributed by atoms with E-state index < -0.39 is 0 Å². The summed E-state index contributed by atoms with van der Waals surface area (Å²) in [6, 6.07) is 7.47. The van der Waals surface area contributed by atoms with Crippen LogP contribution in [0.1, 0.15) is 16.8 Å². The van der Waals surface area contributed by atoms with Gasteiger partial charge in [0.15, 0.2) is 0 Å². The molecule has 1 fully saturated rings. The molecule has 0 aliphatic carbocycles. The molecule has 1 aromatic rings. The van der Waals surface area contributed by atoms with Gasteiger partial charge in [0.1, 0.15) is 0 Å². The van der Waals surface area contributed by atoms with Crippen LogP contribution in [-0.4, -0.2) is 37.1 Å². The third-order valence-corrected chi connectivity index (χ3v) is 3.13. The van der Waals surface area contributed by atoms with E-state index in [1.54, 1.807) is 0 Å². The van der Waals surface area contributed by atoms with Crippen LogP contribution in [0.2, 0.25) is 0 Å². The number of amides is 1. The number of hydrogen-bond acceptors (Lipinski definition) is 2. The summed E-state index contributed by atoms with van der Waals surface area (Å²) in [4.78, 5) is 14.0. The lowest BCUT2D eigenvalue weighted by molar-refractivity contribution is 0.0741. The molecule has 0 unspecified atom stereocenters. The van der Waals surface area contributed by atoms with Gasteiger partial charge in [-0.25, -0.2) is 0 Å². The van der Waals surface area contributed by atoms with E-state index in [-0.39, 0.29) is 5.91 Å². The van der Waals surface area contributed by atoms with Crippen LogP contribution in [0.3, 0.4) is 0 Å². The summed E-state index contributed by atoms with van der Waals surface area (Å²) >= 11 is 3.36. The van der Waals surface area contributed by atoms with Gasteiger partial charge in [0.25, 0.3) is 5.91 Å². The van der Waals surface area contributed by atoms with Crippen molar-refractivity contribution in [2.75, 3.05) is 26.3 Å². The maximum absolute atomic E-state index is 12.1. The maximum atomic E-state index is 12.1. The minimum Gasteiger partial charge on any atom is -0.380 e. The number of hydrogen-bond donors (Lipinski definition) is 0. The van der Waals surface area contributed by atoms with Crippen LogP contribution < -0.4 is 0 Å². The van der Waals surface area contributed by atoms with E-state index in [0.717, 1.165) is 29.6 Å². The summed E-state index contributed by atoms with van der Waals surface area (Å²) < 4.78 is 6.32. The third kappa shape index (κ3) is 2.83. The summed E-state index contributed by atoms with van der Waals surface area (Å²) in [6.45, 7) is 2.87. The second-order valence-corrected chi connectivity index (χ2v) is 4.68. The maximum Gasteiger partial charge on any atom is 0.253 e. The highest BCUT2D eigenvalue weighted by molar-refractivity contribution is 9.10. The van der Waals surface area contributed by atoms with E-state index in [1.807, 2.05) is 29.2 Å². The number of ether oxygens (including phenoxy) is 1. The Bertz CT molecular complexity index is 356. The van der Waals surface area contributed by atoms with E-state index in [0.29, 0.717) is 13.2 Å². The molecule has 0 aromatic heterocycles. The average Bonchev–Trinajstić information content (AvgIpc) is 2.57. The molecule has 1 aromatic carbocycles. The zero-order chi connectivity index (χ0) is 11.4. The van der Waals surface area contributed by atoms with Crippen molar-refractivity contribution in [1.29, 1.82) is 0 Å². The fourth-order valence-electron chi connectivity index (χ4n) is 1.72. The summed E-state index contributed by atoms with van der Waals surface area (Å²) in [7, 11) is 0. The minimum absolute atomic E-state index is 0.0954. The van der Waals surface area contributed by atoms with E-state index >= 15 is 0 Å². The number of carbonyl (C=O) groups excluding carboxylic acids is 1. The van der Waals surface area contributed by atoms with Gasteiger partial charge in [-0.3, -0.25) is 4.79 Å². The predicted octanol–water partition coefficient (Wildman–Crippen LogP) is 2.31. The molecule has 16 heavy (non-hydrogen) atoms. The predicted molar refractivity (Wildman–Crippen MR) is 65.5 cm³/mol. The lowest BCUT2D eigenvalue weighted by Crippen LogP contribution is -2.33. The second-order valence-electron chi connectivity index (χ2n) is 3.77. The largest absolute Gasteiger partial charge is 0.380 e. The second kappa shape index (κ2) is 5.46. The van der Waals surface area contributed by atoms with Crippen molar-refractivity contribution in [3.63, 3.8) is 0 Å². The molecule has 0 atom stereocenters. The number of rotatable bonds is 1. The Morgan fingerprint density at radius 2 is 1.94 bits per heavy atom. The van der Waals surface area contributed by atoms with Crippen molar-refractivity contribution in [2.24, 2.45) is 0 Å². The molecule has 86 valence electrons. The first-order chi connectivity index (χ1) is 7.77. The SMILES string of the molecule is O=C(c1ccc(Br)cc1)N1CCCOCC1. The number of carbonyl (C=O) groups is 1. The van der Waals surface area contributed by atoms with E-state index in [2.05, 4.69) is 15.9 Å². The first-order valence-corrected chi connectivity index (χ1v) is 6.19. The quantitative estimate of drug-likeness (QED) is 0.792. The van der Waals surface area contributed by atoms with E-state index in [9.17, 15) is 4.79 Å². The standard InChI is InChI=1S/C12H14BrNO2/c13-11-4-2-10(3-5-11)12(15)14-6-1-8-16-9-7-14/h2-5H,1,6-9H2. The van der Waals surface area contributed by atoms with Crippen LogP contribution in [0, 0.1) is 0 Å². The molecule has 2 rings (SSSR count). The lowest BCUT2D eigenvalue weighted by Gasteiger charge is -2.19. The molecule has 0 spiro atoms. The Hall–Kier alpha value is -0.870. The molecule has 1 amide bonds. The van der Waals surface area contributed by atoms with Gasteiger partial charge in [-0.05, 0) is 30.7 Å². The topological polar surface area (TPSA) is 29.5 Å². The highest BCUT2D eigenvalue weighted by Gasteiger charge is 2.16. The third-order valence-electron chi connectivity index (χ3n) is 2.60. The Morgan fingerprint density at radius 3 is 2.69 bits per heavy atom. The van der Waals surface area contributed by atoms with Crippen molar-refractivity contribution in [3.05, 3.63) is 34.3 Å². The molecule has 1 aliphatic heterocycles. The van der Waals surface area contributed by atoms with Crippen molar-refractivity contribution in [1.82, 2.24) is 4.90 Å². The molecule has 3 nitrogen and oxygen atoms in total. The number of halogens is 1. The van der Waals surface area contributed by atoms with Crippen molar-refractivity contribution >= 4 is 21.8 Å². The molecule has 0 saturated carbocycles. The minimum atomic E-state index is 0.0954. The molecule has 0 radical (unpaired) electrons. The van der Waals surface area contributed by atoms with Crippen LogP contribution in [-0.2, 0) is 4.74 Å². The monoisotopic (exact) mass is 283 g/mol. The fraction of sp³-hybridized carbons (Fsp3) is 0.417. The number of benzene rings is 1. The summed E-state index contributed by atoms with van der Waals surface area (Å²) in [5.74, 6) is 0.0954.